The van der Waals surface area contributed by atoms with Crippen LogP contribution in [0.2, 0.25) is 0 Å². The minimum Gasteiger partial charge on any atom is -0.549 e. The van der Waals surface area contributed by atoms with Crippen molar-refractivity contribution in [3.8, 4) is 0 Å². The smallest absolute Gasteiger partial charge is 0.549 e. The molecule has 10 nitrogen and oxygen atoms in total. The number of carboxylic acid groups (broad SMARTS) is 4. The van der Waals surface area contributed by atoms with Gasteiger partial charge in [-0.05, 0) is 0 Å². The minimum absolute atomic E-state index is 0. The van der Waals surface area contributed by atoms with E-state index >= 15 is 0 Å². The number of hydrogen-bond donors (Lipinski definition) is 1. The van der Waals surface area contributed by atoms with Crippen LogP contribution >= 0.6 is 0 Å². The Morgan fingerprint density at radius 3 is 1.23 bits per heavy atom. The van der Waals surface area contributed by atoms with Crippen LogP contribution in [0.3, 0.4) is 0 Å². The van der Waals surface area contributed by atoms with E-state index in [0.717, 1.165) is 9.80 Å². The molecule has 0 aliphatic rings. The SMILES string of the molecule is O=C([O-])CN(CCN(CC(=O)[O-])CC(=O)O)CC(=O)[O-].[Co+2].[Na+]. The van der Waals surface area contributed by atoms with Crippen molar-refractivity contribution in [3.05, 3.63) is 0 Å². The molecule has 0 aromatic carbocycles. The van der Waals surface area contributed by atoms with Crippen LogP contribution in [0.25, 0.3) is 0 Å². The van der Waals surface area contributed by atoms with Crippen molar-refractivity contribution < 1.29 is 85.9 Å². The number of aliphatic carboxylic acids is 4. The van der Waals surface area contributed by atoms with Gasteiger partial charge in [-0.15, -0.1) is 0 Å². The number of carboxylic acids is 4. The summed E-state index contributed by atoms with van der Waals surface area (Å²) in [4.78, 5) is 43.7. The fourth-order valence-corrected chi connectivity index (χ4v) is 1.45. The molecule has 0 saturated carbocycles. The molecule has 0 bridgehead atoms. The Kier molecular flexibility index (Phi) is 16.6. The number of carbonyl (C=O) groups excluding carboxylic acids is 3. The largest absolute Gasteiger partial charge is 2.00 e. The second kappa shape index (κ2) is 13.9. The fraction of sp³-hybridized carbons (Fsp3) is 0.600. The van der Waals surface area contributed by atoms with Crippen LogP contribution in [-0.4, -0.2) is 78.1 Å². The van der Waals surface area contributed by atoms with E-state index in [2.05, 4.69) is 0 Å². The maximum Gasteiger partial charge on any atom is 2.00 e. The number of hydrogen-bond acceptors (Lipinski definition) is 9. The molecule has 0 fully saturated rings. The third-order valence-electron chi connectivity index (χ3n) is 2.15. The summed E-state index contributed by atoms with van der Waals surface area (Å²) in [5, 5.41) is 39.8. The summed E-state index contributed by atoms with van der Waals surface area (Å²) in [7, 11) is 0. The zero-order valence-electron chi connectivity index (χ0n) is 11.8. The Hall–Kier alpha value is -0.694. The van der Waals surface area contributed by atoms with Gasteiger partial charge >= 0.3 is 52.3 Å². The molecule has 0 aliphatic carbocycles. The molecule has 0 saturated heterocycles. The third kappa shape index (κ3) is 15.7. The van der Waals surface area contributed by atoms with Gasteiger partial charge in [0.25, 0.3) is 0 Å². The van der Waals surface area contributed by atoms with Crippen LogP contribution in [0.1, 0.15) is 0 Å². The average Bonchev–Trinajstić information content (AvgIpc) is 2.22. The number of rotatable bonds is 11. The summed E-state index contributed by atoms with van der Waals surface area (Å²) in [6, 6.07) is 0. The van der Waals surface area contributed by atoms with E-state index in [0.29, 0.717) is 0 Å². The zero-order chi connectivity index (χ0) is 15.7. The minimum atomic E-state index is -1.52. The molecular formula is C10H13CoN2NaO8. The molecule has 0 heterocycles. The number of carbonyl (C=O) groups is 4. The van der Waals surface area contributed by atoms with Crippen molar-refractivity contribution in [2.45, 2.75) is 0 Å². The summed E-state index contributed by atoms with van der Waals surface area (Å²) in [6.45, 7) is -3.00. The Morgan fingerprint density at radius 2 is 1.00 bits per heavy atom. The van der Waals surface area contributed by atoms with Crippen molar-refractivity contribution in [2.24, 2.45) is 0 Å². The van der Waals surface area contributed by atoms with Crippen LogP contribution in [0, 0.1) is 0 Å². The van der Waals surface area contributed by atoms with Gasteiger partial charge < -0.3 is 34.8 Å². The van der Waals surface area contributed by atoms with Crippen LogP contribution in [-0.2, 0) is 36.0 Å². The van der Waals surface area contributed by atoms with Gasteiger partial charge in [0.05, 0.1) is 24.5 Å². The molecule has 0 aromatic rings. The van der Waals surface area contributed by atoms with Gasteiger partial charge in [0.15, 0.2) is 0 Å². The molecule has 0 amide bonds. The average molecular weight is 371 g/mol. The maximum atomic E-state index is 10.5. The summed E-state index contributed by atoms with van der Waals surface area (Å²) in [6.07, 6.45) is 0. The second-order valence-electron chi connectivity index (χ2n) is 3.93. The summed E-state index contributed by atoms with van der Waals surface area (Å²) in [5.41, 5.74) is 0. The van der Waals surface area contributed by atoms with E-state index in [9.17, 15) is 34.5 Å². The van der Waals surface area contributed by atoms with Crippen LogP contribution in [0.15, 0.2) is 0 Å². The van der Waals surface area contributed by atoms with Crippen molar-refractivity contribution in [1.82, 2.24) is 9.80 Å². The Balaban J connectivity index is -0.00000180. The topological polar surface area (TPSA) is 164 Å². The molecule has 12 heteroatoms. The van der Waals surface area contributed by atoms with E-state index in [1.54, 1.807) is 0 Å². The van der Waals surface area contributed by atoms with Crippen molar-refractivity contribution in [1.29, 1.82) is 0 Å². The van der Waals surface area contributed by atoms with Crippen molar-refractivity contribution >= 4 is 23.9 Å². The van der Waals surface area contributed by atoms with Gasteiger partial charge in [0, 0.05) is 32.7 Å². The Labute approximate surface area is 158 Å². The summed E-state index contributed by atoms with van der Waals surface area (Å²) in [5.74, 6) is -5.82. The van der Waals surface area contributed by atoms with Crippen LogP contribution < -0.4 is 44.9 Å². The summed E-state index contributed by atoms with van der Waals surface area (Å²) < 4.78 is 0. The molecule has 1 radical (unpaired) electrons. The first-order valence-corrected chi connectivity index (χ1v) is 5.46. The first-order chi connectivity index (χ1) is 9.20. The standard InChI is InChI=1S/C10H16N2O8.Co.Na/c13-7(14)3-11(4-8(15)16)1-2-12(5-9(17)18)6-10(19)20;;/h1-6H2,(H,13,14)(H,15,16)(H,17,18)(H,19,20);;/q;+2;+1/p-3. The molecule has 0 rings (SSSR count). The van der Waals surface area contributed by atoms with E-state index in [1.165, 1.54) is 0 Å². The molecule has 0 unspecified atom stereocenters. The van der Waals surface area contributed by atoms with E-state index in [-0.39, 0.29) is 59.4 Å². The molecule has 0 aromatic heterocycles. The van der Waals surface area contributed by atoms with Crippen molar-refractivity contribution in [3.63, 3.8) is 0 Å². The molecular weight excluding hydrogens is 358 g/mol. The molecule has 0 atom stereocenters. The maximum absolute atomic E-state index is 10.5. The quantitative estimate of drug-likeness (QED) is 0.345. The zero-order valence-corrected chi connectivity index (χ0v) is 14.8. The molecule has 0 aliphatic heterocycles. The first kappa shape index (κ1) is 26.2. The van der Waals surface area contributed by atoms with E-state index in [4.69, 9.17) is 5.11 Å². The predicted octanol–water partition coefficient (Wildman–Crippen LogP) is -9.07. The molecule has 0 spiro atoms. The van der Waals surface area contributed by atoms with Gasteiger partial charge in [0.1, 0.15) is 0 Å². The fourth-order valence-electron chi connectivity index (χ4n) is 1.45. The summed E-state index contributed by atoms with van der Waals surface area (Å²) >= 11 is 0. The van der Waals surface area contributed by atoms with Crippen molar-refractivity contribution in [2.75, 3.05) is 39.3 Å². The van der Waals surface area contributed by atoms with E-state index < -0.39 is 50.1 Å². The Bertz CT molecular complexity index is 327. The van der Waals surface area contributed by atoms with E-state index in [1.807, 2.05) is 0 Å². The predicted molar refractivity (Wildman–Crippen MR) is 55.5 cm³/mol. The van der Waals surface area contributed by atoms with Gasteiger partial charge in [-0.3, -0.25) is 14.6 Å². The molecule has 22 heavy (non-hydrogen) atoms. The monoisotopic (exact) mass is 371 g/mol. The second-order valence-corrected chi connectivity index (χ2v) is 3.93. The van der Waals surface area contributed by atoms with Gasteiger partial charge in [-0.1, -0.05) is 0 Å². The number of nitrogens with zero attached hydrogens (tertiary/aromatic N) is 2. The first-order valence-electron chi connectivity index (χ1n) is 5.46. The third-order valence-corrected chi connectivity index (χ3v) is 2.15. The van der Waals surface area contributed by atoms with Gasteiger partial charge in [0.2, 0.25) is 0 Å². The molecule has 121 valence electrons. The van der Waals surface area contributed by atoms with Crippen LogP contribution in [0.5, 0.6) is 0 Å². The normalized spacial score (nSPS) is 9.73. The Morgan fingerprint density at radius 1 is 0.727 bits per heavy atom. The molecule has 1 N–H and O–H groups in total. The van der Waals surface area contributed by atoms with Gasteiger partial charge in [-0.2, -0.15) is 0 Å². The van der Waals surface area contributed by atoms with Gasteiger partial charge in [-0.25, -0.2) is 0 Å². The van der Waals surface area contributed by atoms with Crippen LogP contribution in [0.4, 0.5) is 0 Å².